The Hall–Kier alpha value is -2.22. The average Bonchev–Trinajstić information content (AvgIpc) is 2.59. The monoisotopic (exact) mass is 389 g/mol. The molecule has 0 fully saturated rings. The Morgan fingerprint density at radius 1 is 1.04 bits per heavy atom. The Labute approximate surface area is 161 Å². The smallest absolute Gasteiger partial charge is 0.241 e. The van der Waals surface area contributed by atoms with Crippen molar-refractivity contribution in [1.82, 2.24) is 4.72 Å². The number of anilines is 1. The fraction of sp³-hybridized carbons (Fsp3) is 0.350. The van der Waals surface area contributed by atoms with Crippen molar-refractivity contribution in [1.29, 1.82) is 0 Å². The van der Waals surface area contributed by atoms with Crippen LogP contribution in [-0.4, -0.2) is 19.9 Å². The molecular weight excluding hydrogens is 362 g/mol. The molecule has 4 N–H and O–H groups in total. The van der Waals surface area contributed by atoms with Gasteiger partial charge in [-0.05, 0) is 44.5 Å². The Morgan fingerprint density at radius 3 is 2.26 bits per heavy atom. The Balaban J connectivity index is 2.15. The molecule has 2 aromatic rings. The second kappa shape index (κ2) is 8.21. The summed E-state index contributed by atoms with van der Waals surface area (Å²) in [5.41, 5.74) is 6.87. The van der Waals surface area contributed by atoms with Crippen molar-refractivity contribution in [2.24, 2.45) is 11.7 Å². The summed E-state index contributed by atoms with van der Waals surface area (Å²) in [6.45, 7) is 7.04. The third-order valence-electron chi connectivity index (χ3n) is 3.99. The van der Waals surface area contributed by atoms with Crippen LogP contribution in [0.2, 0.25) is 0 Å². The number of nitrogens with one attached hydrogen (secondary N) is 2. The van der Waals surface area contributed by atoms with Crippen molar-refractivity contribution >= 4 is 21.6 Å². The molecule has 2 atom stereocenters. The second-order valence-corrected chi connectivity index (χ2v) is 9.28. The molecule has 0 heterocycles. The van der Waals surface area contributed by atoms with Gasteiger partial charge in [0, 0.05) is 17.3 Å². The zero-order valence-corrected chi connectivity index (χ0v) is 16.9. The van der Waals surface area contributed by atoms with Gasteiger partial charge in [-0.25, -0.2) is 13.1 Å². The minimum atomic E-state index is -3.68. The van der Waals surface area contributed by atoms with Gasteiger partial charge < -0.3 is 11.1 Å². The number of nitrogens with two attached hydrogens (primary N) is 1. The fourth-order valence-corrected chi connectivity index (χ4v) is 4.05. The minimum Gasteiger partial charge on any atom is -0.326 e. The van der Waals surface area contributed by atoms with E-state index in [9.17, 15) is 13.2 Å². The highest BCUT2D eigenvalue weighted by Gasteiger charge is 2.24. The molecule has 2 rings (SSSR count). The molecule has 0 aromatic heterocycles. The van der Waals surface area contributed by atoms with Crippen LogP contribution in [0.25, 0.3) is 0 Å². The standard InChI is InChI=1S/C20H27N3O3S/c1-14(18(21)15-9-6-5-7-10-15)19(24)22-16-11-8-12-17(13-16)27(25,26)23-20(2,3)4/h5-14,18,23H,21H2,1-4H3,(H,22,24). The first-order valence-electron chi connectivity index (χ1n) is 8.75. The van der Waals surface area contributed by atoms with Gasteiger partial charge in [-0.3, -0.25) is 4.79 Å². The topological polar surface area (TPSA) is 101 Å². The van der Waals surface area contributed by atoms with Gasteiger partial charge >= 0.3 is 0 Å². The van der Waals surface area contributed by atoms with E-state index in [1.807, 2.05) is 30.3 Å². The zero-order chi connectivity index (χ0) is 20.2. The van der Waals surface area contributed by atoms with Gasteiger partial charge in [0.25, 0.3) is 0 Å². The number of hydrogen-bond donors (Lipinski definition) is 3. The Bertz CT molecular complexity index is 890. The maximum Gasteiger partial charge on any atom is 0.241 e. The van der Waals surface area contributed by atoms with Gasteiger partial charge in [0.05, 0.1) is 10.8 Å². The molecule has 0 saturated heterocycles. The summed E-state index contributed by atoms with van der Waals surface area (Å²) >= 11 is 0. The van der Waals surface area contributed by atoms with E-state index in [0.717, 1.165) is 5.56 Å². The van der Waals surface area contributed by atoms with Gasteiger partial charge in [0.1, 0.15) is 0 Å². The summed E-state index contributed by atoms with van der Waals surface area (Å²) in [7, 11) is -3.68. The SMILES string of the molecule is CC(C(=O)Nc1cccc(S(=O)(=O)NC(C)(C)C)c1)C(N)c1ccccc1. The lowest BCUT2D eigenvalue weighted by atomic mass is 9.94. The van der Waals surface area contributed by atoms with Crippen LogP contribution in [0.3, 0.4) is 0 Å². The molecule has 0 spiro atoms. The third-order valence-corrected chi connectivity index (χ3v) is 5.74. The van der Waals surface area contributed by atoms with Gasteiger partial charge in [-0.15, -0.1) is 0 Å². The van der Waals surface area contributed by atoms with Crippen molar-refractivity contribution in [3.8, 4) is 0 Å². The Morgan fingerprint density at radius 2 is 1.67 bits per heavy atom. The van der Waals surface area contributed by atoms with E-state index in [1.54, 1.807) is 39.8 Å². The van der Waals surface area contributed by atoms with E-state index >= 15 is 0 Å². The summed E-state index contributed by atoms with van der Waals surface area (Å²) in [5, 5.41) is 2.76. The molecule has 7 heteroatoms. The number of hydrogen-bond acceptors (Lipinski definition) is 4. The minimum absolute atomic E-state index is 0.0928. The fourth-order valence-electron chi connectivity index (χ4n) is 2.59. The van der Waals surface area contributed by atoms with Crippen molar-refractivity contribution in [2.45, 2.75) is 44.2 Å². The van der Waals surface area contributed by atoms with E-state index in [4.69, 9.17) is 5.73 Å². The second-order valence-electron chi connectivity index (χ2n) is 7.60. The highest BCUT2D eigenvalue weighted by molar-refractivity contribution is 7.89. The van der Waals surface area contributed by atoms with E-state index in [-0.39, 0.29) is 10.8 Å². The number of benzene rings is 2. The summed E-state index contributed by atoms with van der Waals surface area (Å²) < 4.78 is 27.5. The van der Waals surface area contributed by atoms with Gasteiger partial charge in [0.2, 0.25) is 15.9 Å². The first kappa shape index (κ1) is 21.1. The number of carbonyl (C=O) groups excluding carboxylic acids is 1. The predicted molar refractivity (Wildman–Crippen MR) is 108 cm³/mol. The molecule has 0 aliphatic carbocycles. The molecule has 0 saturated carbocycles. The predicted octanol–water partition coefficient (Wildman–Crippen LogP) is 3.04. The highest BCUT2D eigenvalue weighted by atomic mass is 32.2. The zero-order valence-electron chi connectivity index (χ0n) is 16.1. The first-order valence-corrected chi connectivity index (χ1v) is 10.2. The highest BCUT2D eigenvalue weighted by Crippen LogP contribution is 2.22. The molecule has 0 bridgehead atoms. The molecule has 2 unspecified atom stereocenters. The number of sulfonamides is 1. The number of amides is 1. The summed E-state index contributed by atoms with van der Waals surface area (Å²) in [4.78, 5) is 12.7. The number of carbonyl (C=O) groups is 1. The first-order chi connectivity index (χ1) is 12.5. The molecule has 6 nitrogen and oxygen atoms in total. The summed E-state index contributed by atoms with van der Waals surface area (Å²) in [6.07, 6.45) is 0. The van der Waals surface area contributed by atoms with Crippen molar-refractivity contribution in [3.05, 3.63) is 60.2 Å². The van der Waals surface area contributed by atoms with Crippen LogP contribution >= 0.6 is 0 Å². The maximum atomic E-state index is 12.6. The van der Waals surface area contributed by atoms with E-state index in [2.05, 4.69) is 10.0 Å². The van der Waals surface area contributed by atoms with Gasteiger partial charge in [0.15, 0.2) is 0 Å². The summed E-state index contributed by atoms with van der Waals surface area (Å²) in [5.74, 6) is -0.759. The van der Waals surface area contributed by atoms with Crippen molar-refractivity contribution < 1.29 is 13.2 Å². The van der Waals surface area contributed by atoms with E-state index < -0.39 is 27.5 Å². The van der Waals surface area contributed by atoms with E-state index in [0.29, 0.717) is 5.69 Å². The molecule has 2 aromatic carbocycles. The Kier molecular flexibility index (Phi) is 6.41. The summed E-state index contributed by atoms with van der Waals surface area (Å²) in [6, 6.07) is 15.1. The van der Waals surface area contributed by atoms with E-state index in [1.165, 1.54) is 12.1 Å². The molecule has 0 radical (unpaired) electrons. The van der Waals surface area contributed by atoms with Crippen LogP contribution in [0.15, 0.2) is 59.5 Å². The lowest BCUT2D eigenvalue weighted by molar-refractivity contribution is -0.120. The molecule has 146 valence electrons. The lowest BCUT2D eigenvalue weighted by Crippen LogP contribution is -2.40. The van der Waals surface area contributed by atoms with Crippen LogP contribution in [0.1, 0.15) is 39.3 Å². The van der Waals surface area contributed by atoms with Crippen LogP contribution < -0.4 is 15.8 Å². The average molecular weight is 390 g/mol. The third kappa shape index (κ3) is 5.89. The molecular formula is C20H27N3O3S. The van der Waals surface area contributed by atoms with Crippen molar-refractivity contribution in [3.63, 3.8) is 0 Å². The van der Waals surface area contributed by atoms with Gasteiger partial charge in [-0.1, -0.05) is 43.3 Å². The van der Waals surface area contributed by atoms with Gasteiger partial charge in [-0.2, -0.15) is 0 Å². The normalized spacial score (nSPS) is 14.4. The van der Waals surface area contributed by atoms with Crippen LogP contribution in [0.5, 0.6) is 0 Å². The maximum absolute atomic E-state index is 12.6. The van der Waals surface area contributed by atoms with Crippen LogP contribution in [0, 0.1) is 5.92 Å². The number of rotatable bonds is 6. The van der Waals surface area contributed by atoms with Crippen LogP contribution in [0.4, 0.5) is 5.69 Å². The lowest BCUT2D eigenvalue weighted by Gasteiger charge is -2.21. The van der Waals surface area contributed by atoms with Crippen molar-refractivity contribution in [2.75, 3.05) is 5.32 Å². The molecule has 27 heavy (non-hydrogen) atoms. The largest absolute Gasteiger partial charge is 0.326 e. The quantitative estimate of drug-likeness (QED) is 0.707. The molecule has 0 aliphatic rings. The van der Waals surface area contributed by atoms with Crippen LogP contribution in [-0.2, 0) is 14.8 Å². The molecule has 0 aliphatic heterocycles. The molecule has 1 amide bonds.